The molecule has 1 aromatic carbocycles. The van der Waals surface area contributed by atoms with Crippen molar-refractivity contribution in [1.29, 1.82) is 0 Å². The normalized spacial score (nSPS) is 24.9. The fraction of sp³-hybridized carbons (Fsp3) is 0.412. The van der Waals surface area contributed by atoms with Crippen LogP contribution in [0, 0.1) is 30.1 Å². The minimum Gasteiger partial charge on any atom is -0.481 e. The zero-order valence-electron chi connectivity index (χ0n) is 12.0. The van der Waals surface area contributed by atoms with Crippen LogP contribution in [0.5, 0.6) is 0 Å². The summed E-state index contributed by atoms with van der Waals surface area (Å²) in [6.07, 6.45) is 7.37. The molecule has 3 atom stereocenters. The smallest absolute Gasteiger partial charge is 0.307 e. The topological polar surface area (TPSA) is 66.4 Å². The zero-order valence-corrected chi connectivity index (χ0v) is 12.0. The molecule has 1 aliphatic carbocycles. The van der Waals surface area contributed by atoms with E-state index in [1.54, 1.807) is 24.3 Å². The first kappa shape index (κ1) is 15.1. The summed E-state index contributed by atoms with van der Waals surface area (Å²) < 4.78 is 0. The minimum atomic E-state index is -0.890. The molecule has 0 saturated heterocycles. The van der Waals surface area contributed by atoms with E-state index in [-0.39, 0.29) is 5.91 Å². The number of terminal acetylenes is 1. The summed E-state index contributed by atoms with van der Waals surface area (Å²) in [6.45, 7) is 2.03. The van der Waals surface area contributed by atoms with Gasteiger partial charge in [0.05, 0.1) is 11.8 Å². The predicted molar refractivity (Wildman–Crippen MR) is 80.6 cm³/mol. The standard InChI is InChI=1S/C17H19NO3/c1-3-12-5-4-6-13(10-12)18-16(19)14-8-7-11(2)9-15(14)17(20)21/h1,4-6,10-11,14-15H,7-9H2,2H3,(H,18,19)(H,20,21). The number of anilines is 1. The summed E-state index contributed by atoms with van der Waals surface area (Å²) in [6, 6.07) is 7.00. The van der Waals surface area contributed by atoms with Gasteiger partial charge < -0.3 is 10.4 Å². The lowest BCUT2D eigenvalue weighted by Crippen LogP contribution is -2.38. The van der Waals surface area contributed by atoms with Gasteiger partial charge in [-0.15, -0.1) is 6.42 Å². The van der Waals surface area contributed by atoms with Gasteiger partial charge >= 0.3 is 5.97 Å². The van der Waals surface area contributed by atoms with E-state index in [0.29, 0.717) is 30.0 Å². The Hall–Kier alpha value is -2.28. The zero-order chi connectivity index (χ0) is 15.4. The van der Waals surface area contributed by atoms with E-state index in [1.165, 1.54) is 0 Å². The van der Waals surface area contributed by atoms with Crippen molar-refractivity contribution in [1.82, 2.24) is 0 Å². The van der Waals surface area contributed by atoms with Crippen LogP contribution in [0.2, 0.25) is 0 Å². The third kappa shape index (κ3) is 3.63. The number of amides is 1. The lowest BCUT2D eigenvalue weighted by atomic mass is 9.74. The van der Waals surface area contributed by atoms with Gasteiger partial charge in [0.2, 0.25) is 5.91 Å². The average molecular weight is 285 g/mol. The molecule has 4 nitrogen and oxygen atoms in total. The van der Waals surface area contributed by atoms with Gasteiger partial charge in [-0.05, 0) is 43.4 Å². The van der Waals surface area contributed by atoms with Crippen molar-refractivity contribution in [2.45, 2.75) is 26.2 Å². The maximum absolute atomic E-state index is 12.4. The molecule has 0 radical (unpaired) electrons. The second-order valence-corrected chi connectivity index (χ2v) is 5.68. The predicted octanol–water partition coefficient (Wildman–Crippen LogP) is 2.74. The van der Waals surface area contributed by atoms with E-state index < -0.39 is 17.8 Å². The lowest BCUT2D eigenvalue weighted by molar-refractivity contribution is -0.148. The van der Waals surface area contributed by atoms with Crippen LogP contribution in [0.1, 0.15) is 31.7 Å². The van der Waals surface area contributed by atoms with Crippen LogP contribution in [0.15, 0.2) is 24.3 Å². The van der Waals surface area contributed by atoms with Gasteiger partial charge in [0.1, 0.15) is 0 Å². The van der Waals surface area contributed by atoms with Crippen LogP contribution in [0.4, 0.5) is 5.69 Å². The highest BCUT2D eigenvalue weighted by atomic mass is 16.4. The van der Waals surface area contributed by atoms with E-state index >= 15 is 0 Å². The molecule has 110 valence electrons. The summed E-state index contributed by atoms with van der Waals surface area (Å²) in [5, 5.41) is 12.1. The van der Waals surface area contributed by atoms with Crippen molar-refractivity contribution in [2.75, 3.05) is 5.32 Å². The molecule has 4 heteroatoms. The number of rotatable bonds is 3. The number of nitrogens with one attached hydrogen (secondary N) is 1. The van der Waals surface area contributed by atoms with Crippen molar-refractivity contribution < 1.29 is 14.7 Å². The largest absolute Gasteiger partial charge is 0.481 e. The number of carbonyl (C=O) groups is 2. The Morgan fingerprint density at radius 3 is 2.76 bits per heavy atom. The first-order chi connectivity index (χ1) is 10.0. The van der Waals surface area contributed by atoms with Crippen molar-refractivity contribution in [2.24, 2.45) is 17.8 Å². The summed E-state index contributed by atoms with van der Waals surface area (Å²) in [7, 11) is 0. The van der Waals surface area contributed by atoms with Crippen molar-refractivity contribution >= 4 is 17.6 Å². The fourth-order valence-corrected chi connectivity index (χ4v) is 2.89. The van der Waals surface area contributed by atoms with Crippen molar-refractivity contribution in [3.63, 3.8) is 0 Å². The number of carboxylic acid groups (broad SMARTS) is 1. The molecule has 1 saturated carbocycles. The summed E-state index contributed by atoms with van der Waals surface area (Å²) in [4.78, 5) is 23.7. The molecule has 0 aromatic heterocycles. The maximum atomic E-state index is 12.4. The Labute approximate surface area is 124 Å². The van der Waals surface area contributed by atoms with E-state index in [2.05, 4.69) is 11.2 Å². The highest BCUT2D eigenvalue weighted by molar-refractivity contribution is 5.95. The van der Waals surface area contributed by atoms with Crippen LogP contribution >= 0.6 is 0 Å². The molecule has 0 bridgehead atoms. The van der Waals surface area contributed by atoms with Gasteiger partial charge in [-0.2, -0.15) is 0 Å². The Bertz CT molecular complexity index is 588. The molecule has 21 heavy (non-hydrogen) atoms. The van der Waals surface area contributed by atoms with Gasteiger partial charge in [-0.1, -0.05) is 18.9 Å². The van der Waals surface area contributed by atoms with Crippen molar-refractivity contribution in [3.05, 3.63) is 29.8 Å². The van der Waals surface area contributed by atoms with Crippen LogP contribution in [0.3, 0.4) is 0 Å². The molecule has 0 heterocycles. The monoisotopic (exact) mass is 285 g/mol. The second-order valence-electron chi connectivity index (χ2n) is 5.68. The Kier molecular flexibility index (Phi) is 4.64. The van der Waals surface area contributed by atoms with Gasteiger partial charge in [-0.3, -0.25) is 9.59 Å². The maximum Gasteiger partial charge on any atom is 0.307 e. The molecular formula is C17H19NO3. The second kappa shape index (κ2) is 6.45. The van der Waals surface area contributed by atoms with E-state index in [0.717, 1.165) is 6.42 Å². The van der Waals surface area contributed by atoms with E-state index in [4.69, 9.17) is 6.42 Å². The first-order valence-corrected chi connectivity index (χ1v) is 7.11. The average Bonchev–Trinajstić information content (AvgIpc) is 2.47. The van der Waals surface area contributed by atoms with E-state index in [9.17, 15) is 14.7 Å². The molecule has 2 rings (SSSR count). The van der Waals surface area contributed by atoms with Crippen LogP contribution in [0.25, 0.3) is 0 Å². The van der Waals surface area contributed by atoms with Gasteiger partial charge in [0, 0.05) is 11.3 Å². The summed E-state index contributed by atoms with van der Waals surface area (Å²) in [5.74, 6) is 0.647. The number of benzene rings is 1. The highest BCUT2D eigenvalue weighted by Gasteiger charge is 2.38. The fourth-order valence-electron chi connectivity index (χ4n) is 2.89. The molecule has 2 N–H and O–H groups in total. The highest BCUT2D eigenvalue weighted by Crippen LogP contribution is 2.34. The summed E-state index contributed by atoms with van der Waals surface area (Å²) in [5.41, 5.74) is 1.29. The molecule has 1 aliphatic rings. The molecule has 1 aromatic rings. The van der Waals surface area contributed by atoms with Gasteiger partial charge in [-0.25, -0.2) is 0 Å². The number of carbonyl (C=O) groups excluding carboxylic acids is 1. The third-order valence-corrected chi connectivity index (χ3v) is 4.06. The number of hydrogen-bond acceptors (Lipinski definition) is 2. The molecule has 1 fully saturated rings. The van der Waals surface area contributed by atoms with Crippen LogP contribution in [-0.2, 0) is 9.59 Å². The Morgan fingerprint density at radius 1 is 1.33 bits per heavy atom. The number of carboxylic acids is 1. The number of hydrogen-bond donors (Lipinski definition) is 2. The SMILES string of the molecule is C#Cc1cccc(NC(=O)C2CCC(C)CC2C(=O)O)c1. The van der Waals surface area contributed by atoms with Crippen LogP contribution in [-0.4, -0.2) is 17.0 Å². The quantitative estimate of drug-likeness (QED) is 0.839. The minimum absolute atomic E-state index is 0.233. The Morgan fingerprint density at radius 2 is 2.10 bits per heavy atom. The Balaban J connectivity index is 2.11. The van der Waals surface area contributed by atoms with Crippen molar-refractivity contribution in [3.8, 4) is 12.3 Å². The summed E-state index contributed by atoms with van der Waals surface area (Å²) >= 11 is 0. The molecular weight excluding hydrogens is 266 g/mol. The third-order valence-electron chi connectivity index (χ3n) is 4.06. The first-order valence-electron chi connectivity index (χ1n) is 7.11. The van der Waals surface area contributed by atoms with Crippen LogP contribution < -0.4 is 5.32 Å². The lowest BCUT2D eigenvalue weighted by Gasteiger charge is -2.31. The molecule has 3 unspecified atom stereocenters. The molecule has 1 amide bonds. The molecule has 0 aliphatic heterocycles. The molecule has 0 spiro atoms. The van der Waals surface area contributed by atoms with Gasteiger partial charge in [0.25, 0.3) is 0 Å². The van der Waals surface area contributed by atoms with E-state index in [1.807, 2.05) is 6.92 Å². The van der Waals surface area contributed by atoms with Gasteiger partial charge in [0.15, 0.2) is 0 Å². The number of aliphatic carboxylic acids is 1.